The molecule has 2 aromatic carbocycles. The normalized spacial score (nSPS) is 12.2. The number of rotatable bonds is 5. The van der Waals surface area contributed by atoms with Crippen molar-refractivity contribution in [2.75, 3.05) is 11.9 Å². The molecule has 0 aromatic heterocycles. The van der Waals surface area contributed by atoms with E-state index in [1.165, 1.54) is 0 Å². The van der Waals surface area contributed by atoms with Crippen LogP contribution in [0.1, 0.15) is 23.7 Å². The molecule has 0 unspecified atom stereocenters. The van der Waals surface area contributed by atoms with Crippen molar-refractivity contribution in [2.45, 2.75) is 19.4 Å². The van der Waals surface area contributed by atoms with Crippen molar-refractivity contribution in [3.05, 3.63) is 64.7 Å². The zero-order valence-corrected chi connectivity index (χ0v) is 11.7. The van der Waals surface area contributed by atoms with Crippen molar-refractivity contribution in [1.29, 1.82) is 0 Å². The van der Waals surface area contributed by atoms with E-state index in [1.54, 1.807) is 0 Å². The molecule has 0 saturated heterocycles. The summed E-state index contributed by atoms with van der Waals surface area (Å²) in [4.78, 5) is 0. The number of halogens is 1. The summed E-state index contributed by atoms with van der Waals surface area (Å²) < 4.78 is 0. The predicted octanol–water partition coefficient (Wildman–Crippen LogP) is 4.18. The molecule has 0 aliphatic rings. The van der Waals surface area contributed by atoms with E-state index in [0.717, 1.165) is 21.8 Å². The number of anilines is 1. The average Bonchev–Trinajstić information content (AvgIpc) is 2.43. The van der Waals surface area contributed by atoms with E-state index in [0.29, 0.717) is 13.0 Å². The Morgan fingerprint density at radius 3 is 2.58 bits per heavy atom. The second-order valence-electron chi connectivity index (χ2n) is 4.61. The fourth-order valence-electron chi connectivity index (χ4n) is 1.90. The van der Waals surface area contributed by atoms with Gasteiger partial charge in [-0.3, -0.25) is 0 Å². The molecule has 2 N–H and O–H groups in total. The summed E-state index contributed by atoms with van der Waals surface area (Å²) in [5.74, 6) is 0. The van der Waals surface area contributed by atoms with Gasteiger partial charge in [-0.05, 0) is 36.6 Å². The van der Waals surface area contributed by atoms with Crippen LogP contribution < -0.4 is 5.32 Å². The highest BCUT2D eigenvalue weighted by Crippen LogP contribution is 2.21. The first-order valence-electron chi connectivity index (χ1n) is 6.40. The molecule has 2 nitrogen and oxygen atoms in total. The molecule has 0 saturated carbocycles. The van der Waals surface area contributed by atoms with Crippen molar-refractivity contribution in [3.63, 3.8) is 0 Å². The summed E-state index contributed by atoms with van der Waals surface area (Å²) in [5, 5.41) is 14.1. The van der Waals surface area contributed by atoms with E-state index >= 15 is 0 Å². The largest absolute Gasteiger partial charge is 0.388 e. The van der Waals surface area contributed by atoms with Gasteiger partial charge in [0.05, 0.1) is 6.10 Å². The molecular weight excluding hydrogens is 258 g/mol. The van der Waals surface area contributed by atoms with E-state index in [-0.39, 0.29) is 0 Å². The summed E-state index contributed by atoms with van der Waals surface area (Å²) in [6.07, 6.45) is 0.227. The van der Waals surface area contributed by atoms with Crippen LogP contribution in [0.5, 0.6) is 0 Å². The number of nitrogens with one attached hydrogen (secondary N) is 1. The van der Waals surface area contributed by atoms with Crippen LogP contribution in [0.2, 0.25) is 5.02 Å². The molecular formula is C16H18ClNO. The maximum atomic E-state index is 10.0. The van der Waals surface area contributed by atoms with Crippen LogP contribution >= 0.6 is 11.6 Å². The van der Waals surface area contributed by atoms with Crippen molar-refractivity contribution in [3.8, 4) is 0 Å². The SMILES string of the molecule is Cc1ccc(NCC[C@@H](O)c2ccccc2)cc1Cl. The molecule has 0 aliphatic carbocycles. The van der Waals surface area contributed by atoms with Crippen LogP contribution in [-0.4, -0.2) is 11.7 Å². The summed E-state index contributed by atoms with van der Waals surface area (Å²) in [6.45, 7) is 2.68. The Bertz CT molecular complexity index is 528. The number of aliphatic hydroxyl groups excluding tert-OH is 1. The van der Waals surface area contributed by atoms with E-state index in [2.05, 4.69) is 5.32 Å². The van der Waals surface area contributed by atoms with E-state index < -0.39 is 6.10 Å². The van der Waals surface area contributed by atoms with Crippen molar-refractivity contribution >= 4 is 17.3 Å². The molecule has 100 valence electrons. The van der Waals surface area contributed by atoms with Crippen molar-refractivity contribution in [1.82, 2.24) is 0 Å². The lowest BCUT2D eigenvalue weighted by Crippen LogP contribution is -2.07. The predicted molar refractivity (Wildman–Crippen MR) is 80.7 cm³/mol. The summed E-state index contributed by atoms with van der Waals surface area (Å²) >= 11 is 6.06. The second-order valence-corrected chi connectivity index (χ2v) is 5.01. The van der Waals surface area contributed by atoms with Gasteiger partial charge in [0, 0.05) is 17.3 Å². The third kappa shape index (κ3) is 3.98. The minimum absolute atomic E-state index is 0.436. The smallest absolute Gasteiger partial charge is 0.0806 e. The molecule has 0 radical (unpaired) electrons. The van der Waals surface area contributed by atoms with Crippen LogP contribution in [-0.2, 0) is 0 Å². The molecule has 0 aliphatic heterocycles. The van der Waals surface area contributed by atoms with Crippen LogP contribution in [0.15, 0.2) is 48.5 Å². The highest BCUT2D eigenvalue weighted by molar-refractivity contribution is 6.31. The van der Waals surface area contributed by atoms with Gasteiger partial charge in [-0.15, -0.1) is 0 Å². The molecule has 0 bridgehead atoms. The van der Waals surface area contributed by atoms with Gasteiger partial charge in [-0.1, -0.05) is 48.0 Å². The number of aryl methyl sites for hydroxylation is 1. The van der Waals surface area contributed by atoms with Crippen molar-refractivity contribution < 1.29 is 5.11 Å². The van der Waals surface area contributed by atoms with Crippen LogP contribution in [0.4, 0.5) is 5.69 Å². The third-order valence-corrected chi connectivity index (χ3v) is 3.51. The Hall–Kier alpha value is -1.51. The number of hydrogen-bond donors (Lipinski definition) is 2. The van der Waals surface area contributed by atoms with Gasteiger partial charge < -0.3 is 10.4 Å². The van der Waals surface area contributed by atoms with Crippen LogP contribution in [0.3, 0.4) is 0 Å². The molecule has 1 atom stereocenters. The Morgan fingerprint density at radius 1 is 1.16 bits per heavy atom. The zero-order chi connectivity index (χ0) is 13.7. The van der Waals surface area contributed by atoms with E-state index in [9.17, 15) is 5.11 Å². The van der Waals surface area contributed by atoms with Gasteiger partial charge in [-0.25, -0.2) is 0 Å². The molecule has 19 heavy (non-hydrogen) atoms. The minimum atomic E-state index is -0.436. The highest BCUT2D eigenvalue weighted by atomic mass is 35.5. The molecule has 0 fully saturated rings. The Balaban J connectivity index is 1.85. The van der Waals surface area contributed by atoms with E-state index in [4.69, 9.17) is 11.6 Å². The van der Waals surface area contributed by atoms with Crippen LogP contribution in [0.25, 0.3) is 0 Å². The first-order valence-corrected chi connectivity index (χ1v) is 6.77. The van der Waals surface area contributed by atoms with Gasteiger partial charge in [0.25, 0.3) is 0 Å². The molecule has 0 spiro atoms. The Labute approximate surface area is 119 Å². The summed E-state index contributed by atoms with van der Waals surface area (Å²) in [7, 11) is 0. The van der Waals surface area contributed by atoms with E-state index in [1.807, 2.05) is 55.5 Å². The first-order chi connectivity index (χ1) is 9.16. The third-order valence-electron chi connectivity index (χ3n) is 3.10. The van der Waals surface area contributed by atoms with Gasteiger partial charge in [0.2, 0.25) is 0 Å². The lowest BCUT2D eigenvalue weighted by Gasteiger charge is -2.12. The van der Waals surface area contributed by atoms with Gasteiger partial charge >= 0.3 is 0 Å². The van der Waals surface area contributed by atoms with Crippen LogP contribution in [0, 0.1) is 6.92 Å². The Kier molecular flexibility index (Phi) is 4.83. The lowest BCUT2D eigenvalue weighted by atomic mass is 10.1. The fourth-order valence-corrected chi connectivity index (χ4v) is 2.08. The average molecular weight is 276 g/mol. The maximum Gasteiger partial charge on any atom is 0.0806 e. The quantitative estimate of drug-likeness (QED) is 0.858. The standard InChI is InChI=1S/C16H18ClNO/c1-12-7-8-14(11-15(12)17)18-10-9-16(19)13-5-3-2-4-6-13/h2-8,11,16,18-19H,9-10H2,1H3/t16-/m1/s1. The fraction of sp³-hybridized carbons (Fsp3) is 0.250. The number of hydrogen-bond acceptors (Lipinski definition) is 2. The lowest BCUT2D eigenvalue weighted by molar-refractivity contribution is 0.171. The first kappa shape index (κ1) is 13.9. The topological polar surface area (TPSA) is 32.3 Å². The molecule has 0 amide bonds. The van der Waals surface area contributed by atoms with Gasteiger partial charge in [-0.2, -0.15) is 0 Å². The minimum Gasteiger partial charge on any atom is -0.388 e. The number of benzene rings is 2. The van der Waals surface area contributed by atoms with Crippen molar-refractivity contribution in [2.24, 2.45) is 0 Å². The zero-order valence-electron chi connectivity index (χ0n) is 10.9. The Morgan fingerprint density at radius 2 is 1.89 bits per heavy atom. The molecule has 0 heterocycles. The van der Waals surface area contributed by atoms with Gasteiger partial charge in [0.15, 0.2) is 0 Å². The number of aliphatic hydroxyl groups is 1. The maximum absolute atomic E-state index is 10.0. The molecule has 3 heteroatoms. The second kappa shape index (κ2) is 6.60. The summed E-state index contributed by atoms with van der Waals surface area (Å²) in [6, 6.07) is 15.6. The summed E-state index contributed by atoms with van der Waals surface area (Å²) in [5.41, 5.74) is 3.00. The van der Waals surface area contributed by atoms with Gasteiger partial charge in [0.1, 0.15) is 0 Å². The molecule has 2 aromatic rings. The monoisotopic (exact) mass is 275 g/mol. The molecule has 2 rings (SSSR count). The highest BCUT2D eigenvalue weighted by Gasteiger charge is 2.06.